The van der Waals surface area contributed by atoms with E-state index >= 15 is 0 Å². The van der Waals surface area contributed by atoms with Crippen LogP contribution >= 0.6 is 0 Å². The van der Waals surface area contributed by atoms with E-state index in [0.717, 1.165) is 12.1 Å². The van der Waals surface area contributed by atoms with E-state index < -0.39 is 22.4 Å². The zero-order valence-corrected chi connectivity index (χ0v) is 12.1. The fourth-order valence-electron chi connectivity index (χ4n) is 1.76. The highest BCUT2D eigenvalue weighted by atomic mass is 19.1. The lowest BCUT2D eigenvalue weighted by Gasteiger charge is -2.05. The van der Waals surface area contributed by atoms with Gasteiger partial charge in [-0.25, -0.2) is 9.18 Å². The monoisotopic (exact) mass is 317 g/mol. The van der Waals surface area contributed by atoms with Crippen molar-refractivity contribution < 1.29 is 23.6 Å². The number of halogens is 1. The van der Waals surface area contributed by atoms with E-state index in [1.807, 2.05) is 0 Å². The molecule has 0 aliphatic carbocycles. The molecule has 23 heavy (non-hydrogen) atoms. The van der Waals surface area contributed by atoms with Gasteiger partial charge in [0.1, 0.15) is 11.6 Å². The first-order valence-electron chi connectivity index (χ1n) is 6.48. The average molecular weight is 317 g/mol. The highest BCUT2D eigenvalue weighted by Gasteiger charge is 2.18. The molecule has 0 saturated heterocycles. The number of ether oxygens (including phenoxy) is 2. The SMILES string of the molecule is COc1ccc(OC(=O)/C=C/c2ccccc2F)c([N+](=O)[O-])c1. The maximum absolute atomic E-state index is 13.4. The molecular formula is C16H12FNO5. The Labute approximate surface area is 130 Å². The third-order valence-corrected chi connectivity index (χ3v) is 2.88. The van der Waals surface area contributed by atoms with Crippen molar-refractivity contribution in [3.63, 3.8) is 0 Å². The minimum atomic E-state index is -0.860. The molecule has 0 fully saturated rings. The standard InChI is InChI=1S/C16H12FNO5/c1-22-12-7-8-15(14(10-12)18(20)21)23-16(19)9-6-11-4-2-3-5-13(11)17/h2-10H,1H3/b9-6+. The molecule has 0 aliphatic rings. The van der Waals surface area contributed by atoms with Gasteiger partial charge in [0, 0.05) is 11.6 Å². The van der Waals surface area contributed by atoms with Crippen LogP contribution in [0.1, 0.15) is 5.56 Å². The summed E-state index contributed by atoms with van der Waals surface area (Å²) < 4.78 is 23.2. The molecule has 0 radical (unpaired) electrons. The quantitative estimate of drug-likeness (QED) is 0.278. The molecule has 0 aliphatic heterocycles. The molecule has 0 N–H and O–H groups in total. The summed E-state index contributed by atoms with van der Waals surface area (Å²) in [7, 11) is 1.36. The zero-order chi connectivity index (χ0) is 16.8. The topological polar surface area (TPSA) is 78.7 Å². The fraction of sp³-hybridized carbons (Fsp3) is 0.0625. The van der Waals surface area contributed by atoms with Gasteiger partial charge < -0.3 is 9.47 Å². The van der Waals surface area contributed by atoms with Crippen molar-refractivity contribution in [1.82, 2.24) is 0 Å². The molecule has 0 unspecified atom stereocenters. The first-order valence-corrected chi connectivity index (χ1v) is 6.48. The second-order valence-electron chi connectivity index (χ2n) is 4.37. The lowest BCUT2D eigenvalue weighted by Crippen LogP contribution is -2.06. The van der Waals surface area contributed by atoms with Crippen molar-refractivity contribution in [1.29, 1.82) is 0 Å². The lowest BCUT2D eigenvalue weighted by atomic mass is 10.2. The number of hydrogen-bond acceptors (Lipinski definition) is 5. The molecule has 0 bridgehead atoms. The van der Waals surface area contributed by atoms with Crippen molar-refractivity contribution in [2.24, 2.45) is 0 Å². The minimum Gasteiger partial charge on any atom is -0.496 e. The van der Waals surface area contributed by atoms with Crippen LogP contribution in [0.15, 0.2) is 48.5 Å². The Morgan fingerprint density at radius 1 is 1.26 bits per heavy atom. The van der Waals surface area contributed by atoms with E-state index in [4.69, 9.17) is 9.47 Å². The Kier molecular flexibility index (Phi) is 5.03. The van der Waals surface area contributed by atoms with Crippen LogP contribution in [-0.2, 0) is 4.79 Å². The van der Waals surface area contributed by atoms with E-state index in [9.17, 15) is 19.3 Å². The Morgan fingerprint density at radius 2 is 2.00 bits per heavy atom. The fourth-order valence-corrected chi connectivity index (χ4v) is 1.76. The normalized spacial score (nSPS) is 10.5. The molecule has 7 heteroatoms. The van der Waals surface area contributed by atoms with Crippen LogP contribution in [0.3, 0.4) is 0 Å². The van der Waals surface area contributed by atoms with E-state index in [1.54, 1.807) is 6.07 Å². The second kappa shape index (κ2) is 7.17. The molecule has 118 valence electrons. The van der Waals surface area contributed by atoms with Gasteiger partial charge in [0.05, 0.1) is 18.1 Å². The van der Waals surface area contributed by atoms with E-state index in [-0.39, 0.29) is 17.1 Å². The summed E-state index contributed by atoms with van der Waals surface area (Å²) in [4.78, 5) is 22.0. The van der Waals surface area contributed by atoms with Crippen LogP contribution in [0, 0.1) is 15.9 Å². The van der Waals surface area contributed by atoms with Crippen molar-refractivity contribution in [2.75, 3.05) is 7.11 Å². The minimum absolute atomic E-state index is 0.202. The van der Waals surface area contributed by atoms with Gasteiger partial charge in [-0.3, -0.25) is 10.1 Å². The van der Waals surface area contributed by atoms with Crippen LogP contribution in [-0.4, -0.2) is 18.0 Å². The molecule has 0 heterocycles. The number of nitrogens with zero attached hydrogens (tertiary/aromatic N) is 1. The summed E-state index contributed by atoms with van der Waals surface area (Å²) in [5, 5.41) is 11.0. The first-order chi connectivity index (χ1) is 11.0. The highest BCUT2D eigenvalue weighted by molar-refractivity contribution is 5.89. The van der Waals surface area contributed by atoms with E-state index in [2.05, 4.69) is 0 Å². The summed E-state index contributed by atoms with van der Waals surface area (Å²) >= 11 is 0. The number of nitro groups is 1. The summed E-state index contributed by atoms with van der Waals surface area (Å²) in [6, 6.07) is 9.69. The molecule has 0 aromatic heterocycles. The number of methoxy groups -OCH3 is 1. The molecule has 0 atom stereocenters. The van der Waals surface area contributed by atoms with Crippen LogP contribution < -0.4 is 9.47 Å². The largest absolute Gasteiger partial charge is 0.496 e. The van der Waals surface area contributed by atoms with Crippen LogP contribution in [0.4, 0.5) is 10.1 Å². The van der Waals surface area contributed by atoms with Crippen LogP contribution in [0.25, 0.3) is 6.08 Å². The molecule has 6 nitrogen and oxygen atoms in total. The maximum Gasteiger partial charge on any atom is 0.336 e. The number of carbonyl (C=O) groups is 1. The number of esters is 1. The van der Waals surface area contributed by atoms with Gasteiger partial charge in [-0.05, 0) is 24.3 Å². The Bertz CT molecular complexity index is 773. The molecule has 2 aromatic rings. The summed E-state index contributed by atoms with van der Waals surface area (Å²) in [6.45, 7) is 0. The van der Waals surface area contributed by atoms with Crippen molar-refractivity contribution in [3.05, 3.63) is 70.0 Å². The second-order valence-corrected chi connectivity index (χ2v) is 4.37. The van der Waals surface area contributed by atoms with E-state index in [1.165, 1.54) is 43.5 Å². The number of carbonyl (C=O) groups excluding carboxylic acids is 1. The number of rotatable bonds is 5. The predicted octanol–water partition coefficient (Wildman–Crippen LogP) is 3.36. The van der Waals surface area contributed by atoms with Gasteiger partial charge in [-0.2, -0.15) is 0 Å². The lowest BCUT2D eigenvalue weighted by molar-refractivity contribution is -0.385. The molecule has 2 aromatic carbocycles. The maximum atomic E-state index is 13.4. The van der Waals surface area contributed by atoms with Gasteiger partial charge in [0.25, 0.3) is 0 Å². The van der Waals surface area contributed by atoms with Gasteiger partial charge >= 0.3 is 11.7 Å². The van der Waals surface area contributed by atoms with Gasteiger partial charge in [-0.1, -0.05) is 18.2 Å². The van der Waals surface area contributed by atoms with Gasteiger partial charge in [0.15, 0.2) is 0 Å². The number of nitro benzene ring substituents is 1. The van der Waals surface area contributed by atoms with Crippen molar-refractivity contribution >= 4 is 17.7 Å². The summed E-state index contributed by atoms with van der Waals surface area (Å²) in [6.07, 6.45) is 2.22. The van der Waals surface area contributed by atoms with Crippen molar-refractivity contribution in [2.45, 2.75) is 0 Å². The Balaban J connectivity index is 2.17. The smallest absolute Gasteiger partial charge is 0.336 e. The summed E-state index contributed by atoms with van der Waals surface area (Å²) in [5.41, 5.74) is -0.203. The molecule has 0 saturated carbocycles. The van der Waals surface area contributed by atoms with Crippen LogP contribution in [0.5, 0.6) is 11.5 Å². The predicted molar refractivity (Wildman–Crippen MR) is 80.7 cm³/mol. The highest BCUT2D eigenvalue weighted by Crippen LogP contribution is 2.31. The first kappa shape index (κ1) is 16.2. The average Bonchev–Trinajstić information content (AvgIpc) is 2.54. The number of hydrogen-bond donors (Lipinski definition) is 0. The molecule has 2 rings (SSSR count). The third-order valence-electron chi connectivity index (χ3n) is 2.88. The van der Waals surface area contributed by atoms with Gasteiger partial charge in [0.2, 0.25) is 5.75 Å². The Morgan fingerprint density at radius 3 is 2.65 bits per heavy atom. The van der Waals surface area contributed by atoms with E-state index in [0.29, 0.717) is 0 Å². The molecule has 0 spiro atoms. The van der Waals surface area contributed by atoms with Crippen LogP contribution in [0.2, 0.25) is 0 Å². The van der Waals surface area contributed by atoms with Gasteiger partial charge in [-0.15, -0.1) is 0 Å². The zero-order valence-electron chi connectivity index (χ0n) is 12.1. The molecular weight excluding hydrogens is 305 g/mol. The number of benzene rings is 2. The molecule has 0 amide bonds. The summed E-state index contributed by atoms with van der Waals surface area (Å²) in [5.74, 6) is -1.31. The third kappa shape index (κ3) is 4.13. The Hall–Kier alpha value is -3.22. The van der Waals surface area contributed by atoms with Crippen molar-refractivity contribution in [3.8, 4) is 11.5 Å².